The van der Waals surface area contributed by atoms with Crippen LogP contribution in [-0.4, -0.2) is 18.7 Å². The van der Waals surface area contributed by atoms with E-state index in [-0.39, 0.29) is 0 Å². The van der Waals surface area contributed by atoms with Gasteiger partial charge in [0, 0.05) is 25.6 Å². The second kappa shape index (κ2) is 5.76. The van der Waals surface area contributed by atoms with Crippen molar-refractivity contribution in [1.82, 2.24) is 4.98 Å². The number of methoxy groups -OCH3 is 1. The van der Waals surface area contributed by atoms with Crippen molar-refractivity contribution in [2.45, 2.75) is 32.6 Å². The van der Waals surface area contributed by atoms with Gasteiger partial charge in [0.25, 0.3) is 0 Å². The number of aryl methyl sites for hydroxylation is 1. The van der Waals surface area contributed by atoms with Gasteiger partial charge in [-0.15, -0.1) is 0 Å². The number of ether oxygens (including phenoxy) is 1. The molecule has 1 aromatic heterocycles. The van der Waals surface area contributed by atoms with Crippen LogP contribution in [0.5, 0.6) is 0 Å². The second-order valence-corrected chi connectivity index (χ2v) is 3.83. The highest BCUT2D eigenvalue weighted by Crippen LogP contribution is 2.13. The molecule has 0 spiro atoms. The molecule has 1 aromatic rings. The lowest BCUT2D eigenvalue weighted by atomic mass is 10.1. The van der Waals surface area contributed by atoms with E-state index in [1.807, 2.05) is 6.20 Å². The third kappa shape index (κ3) is 3.46. The molecule has 0 N–H and O–H groups in total. The summed E-state index contributed by atoms with van der Waals surface area (Å²) in [5, 5.41) is 0. The van der Waals surface area contributed by atoms with Crippen molar-refractivity contribution in [1.29, 1.82) is 0 Å². The monoisotopic (exact) mass is 193 g/mol. The molecule has 0 radical (unpaired) electrons. The van der Waals surface area contributed by atoms with Gasteiger partial charge in [0.1, 0.15) is 0 Å². The lowest BCUT2D eigenvalue weighted by Gasteiger charge is -2.05. The van der Waals surface area contributed by atoms with Crippen LogP contribution in [0.1, 0.15) is 37.4 Å². The van der Waals surface area contributed by atoms with E-state index >= 15 is 0 Å². The highest BCUT2D eigenvalue weighted by Gasteiger charge is 1.99. The molecule has 1 rings (SSSR count). The number of rotatable bonds is 5. The Bertz CT molecular complexity index is 254. The van der Waals surface area contributed by atoms with Gasteiger partial charge >= 0.3 is 0 Å². The molecule has 0 aliphatic carbocycles. The lowest BCUT2D eigenvalue weighted by molar-refractivity contribution is 0.195. The van der Waals surface area contributed by atoms with Gasteiger partial charge in [-0.05, 0) is 30.4 Å². The van der Waals surface area contributed by atoms with E-state index in [9.17, 15) is 0 Å². The molecule has 0 atom stereocenters. The summed E-state index contributed by atoms with van der Waals surface area (Å²) >= 11 is 0. The van der Waals surface area contributed by atoms with Crippen molar-refractivity contribution >= 4 is 0 Å². The van der Waals surface area contributed by atoms with E-state index in [1.54, 1.807) is 7.11 Å². The zero-order chi connectivity index (χ0) is 10.4. The molecule has 0 aliphatic heterocycles. The maximum Gasteiger partial charge on any atom is 0.0466 e. The summed E-state index contributed by atoms with van der Waals surface area (Å²) in [5.74, 6) is 0.565. The van der Waals surface area contributed by atoms with Crippen molar-refractivity contribution in [2.24, 2.45) is 0 Å². The van der Waals surface area contributed by atoms with Crippen molar-refractivity contribution in [3.63, 3.8) is 0 Å². The molecule has 0 aliphatic rings. The molecule has 1 heterocycles. The predicted molar refractivity (Wildman–Crippen MR) is 58.5 cm³/mol. The number of nitrogens with zero attached hydrogens (tertiary/aromatic N) is 1. The first-order chi connectivity index (χ1) is 6.74. The molecular weight excluding hydrogens is 174 g/mol. The van der Waals surface area contributed by atoms with Crippen LogP contribution in [0.25, 0.3) is 0 Å². The fourth-order valence-electron chi connectivity index (χ4n) is 1.32. The minimum atomic E-state index is 0.565. The Morgan fingerprint density at radius 2 is 2.14 bits per heavy atom. The normalized spacial score (nSPS) is 10.9. The van der Waals surface area contributed by atoms with E-state index < -0.39 is 0 Å². The quantitative estimate of drug-likeness (QED) is 0.671. The van der Waals surface area contributed by atoms with Crippen LogP contribution in [0.3, 0.4) is 0 Å². The molecule has 78 valence electrons. The SMILES string of the molecule is COCCCc1ccc(C(C)C)cn1. The smallest absolute Gasteiger partial charge is 0.0466 e. The second-order valence-electron chi connectivity index (χ2n) is 3.83. The largest absolute Gasteiger partial charge is 0.385 e. The van der Waals surface area contributed by atoms with Crippen LogP contribution in [-0.2, 0) is 11.2 Å². The van der Waals surface area contributed by atoms with Crippen molar-refractivity contribution in [3.05, 3.63) is 29.6 Å². The zero-order valence-corrected chi connectivity index (χ0v) is 9.29. The van der Waals surface area contributed by atoms with E-state index in [0.29, 0.717) is 5.92 Å². The molecule has 0 bridgehead atoms. The highest BCUT2D eigenvalue weighted by atomic mass is 16.5. The van der Waals surface area contributed by atoms with Gasteiger partial charge in [-0.3, -0.25) is 4.98 Å². The Balaban J connectivity index is 2.47. The van der Waals surface area contributed by atoms with Gasteiger partial charge in [-0.1, -0.05) is 19.9 Å². The Morgan fingerprint density at radius 3 is 2.64 bits per heavy atom. The minimum absolute atomic E-state index is 0.565. The fourth-order valence-corrected chi connectivity index (χ4v) is 1.32. The number of pyridine rings is 1. The van der Waals surface area contributed by atoms with Crippen molar-refractivity contribution < 1.29 is 4.74 Å². The first-order valence-corrected chi connectivity index (χ1v) is 5.18. The molecule has 0 saturated carbocycles. The molecule has 0 amide bonds. The molecule has 0 aromatic carbocycles. The first kappa shape index (κ1) is 11.2. The Hall–Kier alpha value is -0.890. The number of aromatic nitrogens is 1. The van der Waals surface area contributed by atoms with Gasteiger partial charge in [-0.2, -0.15) is 0 Å². The molecule has 2 heteroatoms. The average molecular weight is 193 g/mol. The Kier molecular flexibility index (Phi) is 4.60. The first-order valence-electron chi connectivity index (χ1n) is 5.18. The Labute approximate surface area is 86.3 Å². The topological polar surface area (TPSA) is 22.1 Å². The maximum absolute atomic E-state index is 5.00. The molecule has 0 unspecified atom stereocenters. The molecule has 2 nitrogen and oxygen atoms in total. The third-order valence-electron chi connectivity index (χ3n) is 2.30. The predicted octanol–water partition coefficient (Wildman–Crippen LogP) is 2.78. The van der Waals surface area contributed by atoms with E-state index in [2.05, 4.69) is 31.0 Å². The van der Waals surface area contributed by atoms with Gasteiger partial charge in [-0.25, -0.2) is 0 Å². The summed E-state index contributed by atoms with van der Waals surface area (Å²) < 4.78 is 5.00. The van der Waals surface area contributed by atoms with Crippen LogP contribution >= 0.6 is 0 Å². The third-order valence-corrected chi connectivity index (χ3v) is 2.30. The van der Waals surface area contributed by atoms with E-state index in [1.165, 1.54) is 5.56 Å². The summed E-state index contributed by atoms with van der Waals surface area (Å²) in [6, 6.07) is 4.28. The van der Waals surface area contributed by atoms with Crippen LogP contribution < -0.4 is 0 Å². The zero-order valence-electron chi connectivity index (χ0n) is 9.29. The molecular formula is C12H19NO. The van der Waals surface area contributed by atoms with Crippen molar-refractivity contribution in [3.8, 4) is 0 Å². The minimum Gasteiger partial charge on any atom is -0.385 e. The van der Waals surface area contributed by atoms with E-state index in [4.69, 9.17) is 4.74 Å². The van der Waals surface area contributed by atoms with Crippen LogP contribution in [0.2, 0.25) is 0 Å². The summed E-state index contributed by atoms with van der Waals surface area (Å²) in [7, 11) is 1.73. The fraction of sp³-hybridized carbons (Fsp3) is 0.583. The van der Waals surface area contributed by atoms with Gasteiger partial charge in [0.05, 0.1) is 0 Å². The lowest BCUT2D eigenvalue weighted by Crippen LogP contribution is -1.96. The number of hydrogen-bond acceptors (Lipinski definition) is 2. The maximum atomic E-state index is 5.00. The van der Waals surface area contributed by atoms with Crippen molar-refractivity contribution in [2.75, 3.05) is 13.7 Å². The average Bonchev–Trinajstić information content (AvgIpc) is 2.19. The molecule has 0 saturated heterocycles. The summed E-state index contributed by atoms with van der Waals surface area (Å²) in [6.07, 6.45) is 4.03. The summed E-state index contributed by atoms with van der Waals surface area (Å²) in [4.78, 5) is 4.42. The van der Waals surface area contributed by atoms with Crippen LogP contribution in [0.15, 0.2) is 18.3 Å². The molecule has 14 heavy (non-hydrogen) atoms. The van der Waals surface area contributed by atoms with Gasteiger partial charge in [0.15, 0.2) is 0 Å². The standard InChI is InChI=1S/C12H19NO/c1-10(2)11-6-7-12(13-9-11)5-4-8-14-3/h6-7,9-10H,4-5,8H2,1-3H3. The highest BCUT2D eigenvalue weighted by molar-refractivity contribution is 5.17. The van der Waals surface area contributed by atoms with Crippen LogP contribution in [0, 0.1) is 0 Å². The Morgan fingerprint density at radius 1 is 1.36 bits per heavy atom. The summed E-state index contributed by atoms with van der Waals surface area (Å²) in [6.45, 7) is 5.18. The summed E-state index contributed by atoms with van der Waals surface area (Å²) in [5.41, 5.74) is 2.46. The number of hydrogen-bond donors (Lipinski definition) is 0. The van der Waals surface area contributed by atoms with E-state index in [0.717, 1.165) is 25.1 Å². The molecule has 0 fully saturated rings. The van der Waals surface area contributed by atoms with Crippen LogP contribution in [0.4, 0.5) is 0 Å². The van der Waals surface area contributed by atoms with Gasteiger partial charge in [0.2, 0.25) is 0 Å². The van der Waals surface area contributed by atoms with Gasteiger partial charge < -0.3 is 4.74 Å².